The second-order valence-electron chi connectivity index (χ2n) is 2.90. The van der Waals surface area contributed by atoms with Crippen LogP contribution in [0.15, 0.2) is 0 Å². The second-order valence-corrected chi connectivity index (χ2v) is 2.90. The Hall–Kier alpha value is -0.0800. The van der Waals surface area contributed by atoms with E-state index in [2.05, 4.69) is 6.92 Å². The van der Waals surface area contributed by atoms with E-state index < -0.39 is 0 Å². The SMILES string of the molecule is CCCCC[C@H](N)C(C)O.[HH]. The van der Waals surface area contributed by atoms with Crippen molar-refractivity contribution in [2.45, 2.75) is 51.7 Å². The molecule has 2 atom stereocenters. The van der Waals surface area contributed by atoms with Gasteiger partial charge >= 0.3 is 0 Å². The smallest absolute Gasteiger partial charge is 0.0662 e. The first-order valence-corrected chi connectivity index (χ1v) is 4.12. The molecule has 10 heavy (non-hydrogen) atoms. The van der Waals surface area contributed by atoms with Gasteiger partial charge in [0.1, 0.15) is 0 Å². The van der Waals surface area contributed by atoms with E-state index in [4.69, 9.17) is 10.8 Å². The molecule has 0 fully saturated rings. The Morgan fingerprint density at radius 2 is 2.10 bits per heavy atom. The Kier molecular flexibility index (Phi) is 5.64. The van der Waals surface area contributed by atoms with Crippen LogP contribution in [0.5, 0.6) is 0 Å². The Morgan fingerprint density at radius 3 is 2.50 bits per heavy atom. The van der Waals surface area contributed by atoms with Crippen molar-refractivity contribution in [3.05, 3.63) is 0 Å². The van der Waals surface area contributed by atoms with Gasteiger partial charge in [-0.25, -0.2) is 0 Å². The summed E-state index contributed by atoms with van der Waals surface area (Å²) >= 11 is 0. The van der Waals surface area contributed by atoms with Crippen LogP contribution >= 0.6 is 0 Å². The van der Waals surface area contributed by atoms with Crippen molar-refractivity contribution in [3.8, 4) is 0 Å². The molecule has 0 aliphatic carbocycles. The summed E-state index contributed by atoms with van der Waals surface area (Å²) < 4.78 is 0. The first-order valence-electron chi connectivity index (χ1n) is 4.12. The number of aliphatic hydroxyl groups is 1. The van der Waals surface area contributed by atoms with Crippen LogP contribution in [0.1, 0.15) is 41.0 Å². The molecule has 0 rings (SSSR count). The largest absolute Gasteiger partial charge is 0.392 e. The van der Waals surface area contributed by atoms with Gasteiger partial charge in [0.05, 0.1) is 6.10 Å². The van der Waals surface area contributed by atoms with Gasteiger partial charge in [-0.1, -0.05) is 26.2 Å². The molecule has 0 amide bonds. The number of aliphatic hydroxyl groups excluding tert-OH is 1. The highest BCUT2D eigenvalue weighted by Gasteiger charge is 2.07. The summed E-state index contributed by atoms with van der Waals surface area (Å²) in [5.41, 5.74) is 5.61. The number of hydrogen-bond donors (Lipinski definition) is 2. The molecule has 0 spiro atoms. The van der Waals surface area contributed by atoms with Crippen LogP contribution in [0.2, 0.25) is 0 Å². The highest BCUT2D eigenvalue weighted by molar-refractivity contribution is 4.66. The van der Waals surface area contributed by atoms with Crippen LogP contribution in [0.25, 0.3) is 0 Å². The highest BCUT2D eigenvalue weighted by atomic mass is 16.3. The zero-order chi connectivity index (χ0) is 7.98. The summed E-state index contributed by atoms with van der Waals surface area (Å²) in [4.78, 5) is 0. The highest BCUT2D eigenvalue weighted by Crippen LogP contribution is 2.03. The Labute approximate surface area is 64.9 Å². The summed E-state index contributed by atoms with van der Waals surface area (Å²) in [6.07, 6.45) is 4.18. The molecule has 1 unspecified atom stereocenters. The monoisotopic (exact) mass is 147 g/mol. The lowest BCUT2D eigenvalue weighted by atomic mass is 10.1. The minimum absolute atomic E-state index is 0. The molecule has 64 valence electrons. The molecule has 0 bridgehead atoms. The van der Waals surface area contributed by atoms with Crippen molar-refractivity contribution in [2.75, 3.05) is 0 Å². The van der Waals surface area contributed by atoms with Crippen LogP contribution in [-0.4, -0.2) is 17.3 Å². The average molecular weight is 147 g/mol. The van der Waals surface area contributed by atoms with E-state index in [1.807, 2.05) is 0 Å². The first kappa shape index (κ1) is 9.92. The van der Waals surface area contributed by atoms with Crippen molar-refractivity contribution in [1.29, 1.82) is 0 Å². The van der Waals surface area contributed by atoms with Crippen molar-refractivity contribution in [3.63, 3.8) is 0 Å². The van der Waals surface area contributed by atoms with E-state index in [0.717, 1.165) is 12.8 Å². The van der Waals surface area contributed by atoms with Gasteiger partial charge in [-0.2, -0.15) is 0 Å². The predicted octanol–water partition coefficient (Wildman–Crippen LogP) is 1.52. The maximum Gasteiger partial charge on any atom is 0.0662 e. The summed E-state index contributed by atoms with van der Waals surface area (Å²) in [6, 6.07) is -0.0217. The zero-order valence-electron chi connectivity index (χ0n) is 7.01. The normalized spacial score (nSPS) is 16.8. The third-order valence-electron chi connectivity index (χ3n) is 1.76. The molecule has 2 nitrogen and oxygen atoms in total. The number of unbranched alkanes of at least 4 members (excludes halogenated alkanes) is 2. The van der Waals surface area contributed by atoms with Crippen LogP contribution in [0.3, 0.4) is 0 Å². The molecule has 0 aromatic rings. The lowest BCUT2D eigenvalue weighted by molar-refractivity contribution is 0.157. The van der Waals surface area contributed by atoms with E-state index in [-0.39, 0.29) is 13.6 Å². The fourth-order valence-electron chi connectivity index (χ4n) is 0.871. The molecular formula is C8H21NO. The minimum Gasteiger partial charge on any atom is -0.392 e. The maximum absolute atomic E-state index is 9.00. The molecule has 0 saturated heterocycles. The lowest BCUT2D eigenvalue weighted by Gasteiger charge is -2.13. The van der Waals surface area contributed by atoms with E-state index in [1.54, 1.807) is 6.92 Å². The van der Waals surface area contributed by atoms with Crippen LogP contribution in [0.4, 0.5) is 0 Å². The Balaban J connectivity index is 0. The Morgan fingerprint density at radius 1 is 1.50 bits per heavy atom. The summed E-state index contributed by atoms with van der Waals surface area (Å²) in [5, 5.41) is 9.00. The fourth-order valence-corrected chi connectivity index (χ4v) is 0.871. The molecule has 0 aromatic heterocycles. The first-order chi connectivity index (χ1) is 4.68. The van der Waals surface area contributed by atoms with E-state index in [0.29, 0.717) is 0 Å². The van der Waals surface area contributed by atoms with E-state index in [1.165, 1.54) is 12.8 Å². The molecule has 0 aliphatic heterocycles. The van der Waals surface area contributed by atoms with E-state index >= 15 is 0 Å². The van der Waals surface area contributed by atoms with Crippen LogP contribution in [-0.2, 0) is 0 Å². The summed E-state index contributed by atoms with van der Waals surface area (Å²) in [6.45, 7) is 3.91. The van der Waals surface area contributed by atoms with Gasteiger partial charge in [0.2, 0.25) is 0 Å². The second kappa shape index (κ2) is 5.69. The molecule has 0 radical (unpaired) electrons. The topological polar surface area (TPSA) is 46.2 Å². The third-order valence-corrected chi connectivity index (χ3v) is 1.76. The maximum atomic E-state index is 9.00. The molecule has 0 aromatic carbocycles. The Bertz CT molecular complexity index is 78.5. The lowest BCUT2D eigenvalue weighted by Crippen LogP contribution is -2.31. The van der Waals surface area contributed by atoms with Crippen LogP contribution in [0, 0.1) is 0 Å². The molecule has 0 aliphatic rings. The van der Waals surface area contributed by atoms with Gasteiger partial charge in [0.15, 0.2) is 0 Å². The third kappa shape index (κ3) is 4.77. The number of hydrogen-bond acceptors (Lipinski definition) is 2. The van der Waals surface area contributed by atoms with Gasteiger partial charge in [0, 0.05) is 7.47 Å². The van der Waals surface area contributed by atoms with Gasteiger partial charge in [-0.3, -0.25) is 0 Å². The molecule has 2 heteroatoms. The quantitative estimate of drug-likeness (QED) is 0.579. The van der Waals surface area contributed by atoms with E-state index in [9.17, 15) is 0 Å². The number of rotatable bonds is 5. The van der Waals surface area contributed by atoms with Gasteiger partial charge in [0.25, 0.3) is 0 Å². The average Bonchev–Trinajstić information content (AvgIpc) is 1.88. The zero-order valence-corrected chi connectivity index (χ0v) is 7.01. The molecule has 0 saturated carbocycles. The predicted molar refractivity (Wildman–Crippen MR) is 45.9 cm³/mol. The van der Waals surface area contributed by atoms with Gasteiger partial charge in [-0.15, -0.1) is 0 Å². The summed E-state index contributed by atoms with van der Waals surface area (Å²) in [7, 11) is 0. The molecule has 3 N–H and O–H groups in total. The van der Waals surface area contributed by atoms with Crippen molar-refractivity contribution in [1.82, 2.24) is 0 Å². The van der Waals surface area contributed by atoms with Crippen molar-refractivity contribution >= 4 is 0 Å². The minimum atomic E-state index is -0.350. The number of nitrogens with two attached hydrogens (primary N) is 1. The van der Waals surface area contributed by atoms with Crippen molar-refractivity contribution < 1.29 is 6.53 Å². The van der Waals surface area contributed by atoms with Crippen LogP contribution < -0.4 is 5.73 Å². The molecule has 0 heterocycles. The fraction of sp³-hybridized carbons (Fsp3) is 1.00. The van der Waals surface area contributed by atoms with Crippen molar-refractivity contribution in [2.24, 2.45) is 5.73 Å². The van der Waals surface area contributed by atoms with Gasteiger partial charge < -0.3 is 10.8 Å². The van der Waals surface area contributed by atoms with Gasteiger partial charge in [-0.05, 0) is 13.3 Å². The standard InChI is InChI=1S/C8H19NO.H2/c1-3-4-5-6-8(9)7(2)10;/h7-8,10H,3-6,9H2,1-2H3;1H/t7?,8-;/m0./s1. The summed E-state index contributed by atoms with van der Waals surface area (Å²) in [5.74, 6) is 0. The molecular weight excluding hydrogens is 126 g/mol.